The summed E-state index contributed by atoms with van der Waals surface area (Å²) in [5, 5.41) is 8.63. The van der Waals surface area contributed by atoms with Crippen LogP contribution in [0.4, 0.5) is 0 Å². The van der Waals surface area contributed by atoms with Crippen molar-refractivity contribution in [2.24, 2.45) is 0 Å². The zero-order valence-electron chi connectivity index (χ0n) is 14.3. The number of aromatic nitrogens is 4. The van der Waals surface area contributed by atoms with Gasteiger partial charge in [-0.15, -0.1) is 10.2 Å². The van der Waals surface area contributed by atoms with Crippen molar-refractivity contribution < 1.29 is 4.79 Å². The standard InChI is InChI=1S/C19H23N5O/c25-18(9-6-12-22-10-3-4-11-22)23-13-5-7-16(15-23)19-21-20-17-8-1-2-14-24(17)19/h1-4,8,10-11,14,16H,5-7,9,12-13,15H2/t16-/m1/s1. The molecule has 3 aromatic rings. The van der Waals surface area contributed by atoms with Crippen LogP contribution in [-0.2, 0) is 11.3 Å². The third-order valence-corrected chi connectivity index (χ3v) is 4.95. The minimum atomic E-state index is 0.255. The minimum absolute atomic E-state index is 0.255. The lowest BCUT2D eigenvalue weighted by molar-refractivity contribution is -0.132. The van der Waals surface area contributed by atoms with Crippen LogP contribution < -0.4 is 0 Å². The number of fused-ring (bicyclic) bond motifs is 1. The van der Waals surface area contributed by atoms with E-state index in [1.165, 1.54) is 0 Å². The summed E-state index contributed by atoms with van der Waals surface area (Å²) in [4.78, 5) is 14.6. The highest BCUT2D eigenvalue weighted by atomic mass is 16.2. The van der Waals surface area contributed by atoms with Crippen molar-refractivity contribution in [3.8, 4) is 0 Å². The van der Waals surface area contributed by atoms with E-state index in [9.17, 15) is 4.79 Å². The number of carbonyl (C=O) groups is 1. The predicted octanol–water partition coefficient (Wildman–Crippen LogP) is 2.72. The molecule has 130 valence electrons. The molecule has 0 radical (unpaired) electrons. The Morgan fingerprint density at radius 2 is 1.96 bits per heavy atom. The first-order valence-corrected chi connectivity index (χ1v) is 8.99. The van der Waals surface area contributed by atoms with Gasteiger partial charge in [0.25, 0.3) is 0 Å². The molecule has 0 unspecified atom stereocenters. The van der Waals surface area contributed by atoms with Gasteiger partial charge in [0.1, 0.15) is 5.82 Å². The van der Waals surface area contributed by atoms with Crippen LogP contribution in [0.5, 0.6) is 0 Å². The highest BCUT2D eigenvalue weighted by molar-refractivity contribution is 5.76. The highest BCUT2D eigenvalue weighted by Crippen LogP contribution is 2.26. The maximum atomic E-state index is 12.6. The van der Waals surface area contributed by atoms with E-state index in [1.807, 2.05) is 58.2 Å². The SMILES string of the molecule is O=C(CCCn1cccc1)N1CCC[C@@H](c2nnc3ccccn23)C1. The smallest absolute Gasteiger partial charge is 0.222 e. The monoisotopic (exact) mass is 337 g/mol. The van der Waals surface area contributed by atoms with E-state index in [4.69, 9.17) is 0 Å². The summed E-state index contributed by atoms with van der Waals surface area (Å²) >= 11 is 0. The van der Waals surface area contributed by atoms with Gasteiger partial charge in [-0.05, 0) is 43.5 Å². The Kier molecular flexibility index (Phi) is 4.50. The van der Waals surface area contributed by atoms with Gasteiger partial charge < -0.3 is 9.47 Å². The third-order valence-electron chi connectivity index (χ3n) is 4.95. The largest absolute Gasteiger partial charge is 0.354 e. The quantitative estimate of drug-likeness (QED) is 0.719. The van der Waals surface area contributed by atoms with Gasteiger partial charge in [0, 0.05) is 50.6 Å². The predicted molar refractivity (Wildman–Crippen MR) is 95.2 cm³/mol. The molecule has 0 spiro atoms. The number of carbonyl (C=O) groups excluding carboxylic acids is 1. The van der Waals surface area contributed by atoms with Gasteiger partial charge in [0.05, 0.1) is 0 Å². The molecule has 4 heterocycles. The first-order chi connectivity index (χ1) is 12.3. The molecule has 6 nitrogen and oxygen atoms in total. The molecule has 0 aliphatic carbocycles. The van der Waals surface area contributed by atoms with Crippen LogP contribution in [0.1, 0.15) is 37.4 Å². The molecule has 0 bridgehead atoms. The Morgan fingerprint density at radius 1 is 1.12 bits per heavy atom. The van der Waals surface area contributed by atoms with Crippen LogP contribution in [0.2, 0.25) is 0 Å². The summed E-state index contributed by atoms with van der Waals surface area (Å²) in [5.41, 5.74) is 0.868. The van der Waals surface area contributed by atoms with Crippen LogP contribution in [0, 0.1) is 0 Å². The second-order valence-corrected chi connectivity index (χ2v) is 6.69. The van der Waals surface area contributed by atoms with Gasteiger partial charge in [-0.3, -0.25) is 9.20 Å². The van der Waals surface area contributed by atoms with Crippen molar-refractivity contribution in [1.82, 2.24) is 24.1 Å². The Morgan fingerprint density at radius 3 is 2.84 bits per heavy atom. The van der Waals surface area contributed by atoms with Crippen molar-refractivity contribution in [3.05, 3.63) is 54.7 Å². The molecule has 1 aliphatic rings. The van der Waals surface area contributed by atoms with Crippen molar-refractivity contribution in [1.29, 1.82) is 0 Å². The lowest BCUT2D eigenvalue weighted by Crippen LogP contribution is -2.39. The molecular weight excluding hydrogens is 314 g/mol. The van der Waals surface area contributed by atoms with Gasteiger partial charge >= 0.3 is 0 Å². The molecule has 0 N–H and O–H groups in total. The van der Waals surface area contributed by atoms with Gasteiger partial charge in [-0.25, -0.2) is 0 Å². The second-order valence-electron chi connectivity index (χ2n) is 6.69. The van der Waals surface area contributed by atoms with Gasteiger partial charge in [0.15, 0.2) is 5.65 Å². The van der Waals surface area contributed by atoms with E-state index in [0.717, 1.165) is 50.4 Å². The van der Waals surface area contributed by atoms with Crippen molar-refractivity contribution >= 4 is 11.6 Å². The van der Waals surface area contributed by atoms with E-state index >= 15 is 0 Å². The molecule has 4 rings (SSSR count). The number of likely N-dealkylation sites (tertiary alicyclic amines) is 1. The highest BCUT2D eigenvalue weighted by Gasteiger charge is 2.27. The Hall–Kier alpha value is -2.63. The molecule has 25 heavy (non-hydrogen) atoms. The van der Waals surface area contributed by atoms with E-state index < -0.39 is 0 Å². The maximum absolute atomic E-state index is 12.6. The van der Waals surface area contributed by atoms with Gasteiger partial charge in [-0.1, -0.05) is 6.07 Å². The summed E-state index contributed by atoms with van der Waals surface area (Å²) in [6.07, 6.45) is 9.64. The molecular formula is C19H23N5O. The topological polar surface area (TPSA) is 55.4 Å². The first-order valence-electron chi connectivity index (χ1n) is 8.99. The zero-order valence-corrected chi connectivity index (χ0v) is 14.3. The molecule has 1 aliphatic heterocycles. The van der Waals surface area contributed by atoms with Crippen LogP contribution in [0.3, 0.4) is 0 Å². The van der Waals surface area contributed by atoms with E-state index in [2.05, 4.69) is 14.8 Å². The minimum Gasteiger partial charge on any atom is -0.354 e. The van der Waals surface area contributed by atoms with E-state index in [1.54, 1.807) is 0 Å². The van der Waals surface area contributed by atoms with Crippen LogP contribution in [0.15, 0.2) is 48.9 Å². The number of pyridine rings is 1. The number of amides is 1. The van der Waals surface area contributed by atoms with E-state index in [0.29, 0.717) is 6.42 Å². The summed E-state index contributed by atoms with van der Waals surface area (Å²) in [7, 11) is 0. The molecule has 3 aromatic heterocycles. The zero-order chi connectivity index (χ0) is 17.1. The summed E-state index contributed by atoms with van der Waals surface area (Å²) < 4.78 is 4.17. The number of rotatable bonds is 5. The van der Waals surface area contributed by atoms with Gasteiger partial charge in [-0.2, -0.15) is 0 Å². The molecule has 1 fully saturated rings. The maximum Gasteiger partial charge on any atom is 0.222 e. The van der Waals surface area contributed by atoms with Crippen molar-refractivity contribution in [2.45, 2.75) is 38.1 Å². The molecule has 0 aromatic carbocycles. The van der Waals surface area contributed by atoms with Crippen LogP contribution in [-0.4, -0.2) is 43.1 Å². The first kappa shape index (κ1) is 15.9. The molecule has 0 saturated carbocycles. The van der Waals surface area contributed by atoms with Crippen molar-refractivity contribution in [3.63, 3.8) is 0 Å². The number of aryl methyl sites for hydroxylation is 1. The summed E-state index contributed by atoms with van der Waals surface area (Å²) in [6.45, 7) is 2.50. The number of piperidine rings is 1. The average molecular weight is 337 g/mol. The Balaban J connectivity index is 1.38. The fraction of sp³-hybridized carbons (Fsp3) is 0.421. The van der Waals surface area contributed by atoms with Crippen LogP contribution in [0.25, 0.3) is 5.65 Å². The van der Waals surface area contributed by atoms with Crippen LogP contribution >= 0.6 is 0 Å². The second kappa shape index (κ2) is 7.09. The Bertz CT molecular complexity index is 839. The summed E-state index contributed by atoms with van der Waals surface area (Å²) in [6, 6.07) is 9.95. The molecule has 1 saturated heterocycles. The third kappa shape index (κ3) is 3.43. The fourth-order valence-corrected chi connectivity index (χ4v) is 3.64. The van der Waals surface area contributed by atoms with Gasteiger partial charge in [0.2, 0.25) is 5.91 Å². The molecule has 6 heteroatoms. The lowest BCUT2D eigenvalue weighted by Gasteiger charge is -2.32. The lowest BCUT2D eigenvalue weighted by atomic mass is 9.97. The molecule has 1 amide bonds. The molecule has 1 atom stereocenters. The summed E-state index contributed by atoms with van der Waals surface area (Å²) in [5.74, 6) is 1.49. The van der Waals surface area contributed by atoms with Crippen molar-refractivity contribution in [2.75, 3.05) is 13.1 Å². The Labute approximate surface area is 147 Å². The normalized spacial score (nSPS) is 17.9. The average Bonchev–Trinajstić information content (AvgIpc) is 3.31. The fourth-order valence-electron chi connectivity index (χ4n) is 3.64. The number of hydrogen-bond acceptors (Lipinski definition) is 3. The van der Waals surface area contributed by atoms with E-state index in [-0.39, 0.29) is 11.8 Å². The number of nitrogens with zero attached hydrogens (tertiary/aromatic N) is 5. The number of hydrogen-bond donors (Lipinski definition) is 0.